The first-order valence-electron chi connectivity index (χ1n) is 6.58. The Hall–Kier alpha value is -0.750. The zero-order valence-electron chi connectivity index (χ0n) is 11.7. The van der Waals surface area contributed by atoms with Gasteiger partial charge in [0.15, 0.2) is 0 Å². The lowest BCUT2D eigenvalue weighted by molar-refractivity contribution is 0.254. The van der Waals surface area contributed by atoms with Gasteiger partial charge in [-0.15, -0.1) is 22.7 Å². The molecule has 1 N–H and O–H groups in total. The fourth-order valence-corrected chi connectivity index (χ4v) is 3.48. The van der Waals surface area contributed by atoms with Crippen LogP contribution in [0.1, 0.15) is 35.5 Å². The summed E-state index contributed by atoms with van der Waals surface area (Å²) < 4.78 is 0. The van der Waals surface area contributed by atoms with Crippen molar-refractivity contribution >= 4 is 22.7 Å². The third-order valence-corrected chi connectivity index (χ3v) is 5.09. The summed E-state index contributed by atoms with van der Waals surface area (Å²) in [4.78, 5) is 8.42. The molecule has 2 aromatic heterocycles. The van der Waals surface area contributed by atoms with Crippen LogP contribution in [-0.4, -0.2) is 23.5 Å². The first-order valence-corrected chi connectivity index (χ1v) is 8.34. The summed E-state index contributed by atoms with van der Waals surface area (Å²) in [6.07, 6.45) is 0. The van der Waals surface area contributed by atoms with Crippen molar-refractivity contribution in [3.8, 4) is 0 Å². The van der Waals surface area contributed by atoms with Crippen LogP contribution < -0.4 is 5.32 Å². The minimum atomic E-state index is 0.443. The van der Waals surface area contributed by atoms with E-state index in [0.29, 0.717) is 6.04 Å². The molecule has 0 aliphatic rings. The van der Waals surface area contributed by atoms with Gasteiger partial charge in [-0.3, -0.25) is 4.90 Å². The number of hydrogen-bond acceptors (Lipinski definition) is 5. The second-order valence-corrected chi connectivity index (χ2v) is 6.54. The second-order valence-electron chi connectivity index (χ2n) is 4.62. The SMILES string of the molecule is CCNCc1nc(CN(C)C(C)c2cccs2)cs1. The van der Waals surface area contributed by atoms with Crippen LogP contribution in [0, 0.1) is 0 Å². The van der Waals surface area contributed by atoms with Gasteiger partial charge in [-0.25, -0.2) is 4.98 Å². The van der Waals surface area contributed by atoms with Gasteiger partial charge < -0.3 is 5.32 Å². The molecule has 5 heteroatoms. The Morgan fingerprint density at radius 1 is 1.42 bits per heavy atom. The summed E-state index contributed by atoms with van der Waals surface area (Å²) in [7, 11) is 2.16. The van der Waals surface area contributed by atoms with E-state index in [1.54, 1.807) is 11.3 Å². The number of thiazole rings is 1. The number of rotatable bonds is 7. The standard InChI is InChI=1S/C14H21N3S2/c1-4-15-8-14-16-12(10-19-14)9-17(3)11(2)13-6-5-7-18-13/h5-7,10-11,15H,4,8-9H2,1-3H3. The van der Waals surface area contributed by atoms with Crippen molar-refractivity contribution in [2.24, 2.45) is 0 Å². The molecule has 0 spiro atoms. The van der Waals surface area contributed by atoms with Crippen LogP contribution in [-0.2, 0) is 13.1 Å². The van der Waals surface area contributed by atoms with Gasteiger partial charge >= 0.3 is 0 Å². The van der Waals surface area contributed by atoms with Gasteiger partial charge in [0.2, 0.25) is 0 Å². The molecule has 104 valence electrons. The van der Waals surface area contributed by atoms with E-state index in [0.717, 1.165) is 19.6 Å². The Balaban J connectivity index is 1.91. The molecule has 2 rings (SSSR count). The maximum absolute atomic E-state index is 4.67. The number of hydrogen-bond donors (Lipinski definition) is 1. The van der Waals surface area contributed by atoms with Gasteiger partial charge in [0.25, 0.3) is 0 Å². The van der Waals surface area contributed by atoms with Gasteiger partial charge in [0, 0.05) is 29.4 Å². The lowest BCUT2D eigenvalue weighted by Crippen LogP contribution is -2.21. The van der Waals surface area contributed by atoms with E-state index in [1.165, 1.54) is 15.6 Å². The van der Waals surface area contributed by atoms with Gasteiger partial charge in [0.05, 0.1) is 5.69 Å². The Morgan fingerprint density at radius 3 is 2.95 bits per heavy atom. The van der Waals surface area contributed by atoms with Crippen LogP contribution >= 0.6 is 22.7 Å². The predicted octanol–water partition coefficient (Wildman–Crippen LogP) is 3.51. The first-order chi connectivity index (χ1) is 9.20. The molecule has 0 fully saturated rings. The summed E-state index contributed by atoms with van der Waals surface area (Å²) in [6.45, 7) is 7.14. The molecule has 2 heterocycles. The summed E-state index contributed by atoms with van der Waals surface area (Å²) >= 11 is 3.56. The molecule has 2 aromatic rings. The maximum Gasteiger partial charge on any atom is 0.107 e. The van der Waals surface area contributed by atoms with Crippen LogP contribution in [0.15, 0.2) is 22.9 Å². The third-order valence-electron chi connectivity index (χ3n) is 3.15. The summed E-state index contributed by atoms with van der Waals surface area (Å²) in [5.41, 5.74) is 1.17. The molecular weight excluding hydrogens is 274 g/mol. The lowest BCUT2D eigenvalue weighted by atomic mass is 10.2. The third kappa shape index (κ3) is 4.11. The van der Waals surface area contributed by atoms with Crippen molar-refractivity contribution in [2.45, 2.75) is 33.0 Å². The topological polar surface area (TPSA) is 28.2 Å². The molecule has 0 aliphatic carbocycles. The Morgan fingerprint density at radius 2 is 2.26 bits per heavy atom. The fraction of sp³-hybridized carbons (Fsp3) is 0.500. The van der Waals surface area contributed by atoms with E-state index >= 15 is 0 Å². The molecule has 3 nitrogen and oxygen atoms in total. The fourth-order valence-electron chi connectivity index (χ4n) is 1.87. The lowest BCUT2D eigenvalue weighted by Gasteiger charge is -2.22. The van der Waals surface area contributed by atoms with Crippen LogP contribution in [0.25, 0.3) is 0 Å². The van der Waals surface area contributed by atoms with E-state index in [1.807, 2.05) is 11.3 Å². The molecule has 1 unspecified atom stereocenters. The smallest absolute Gasteiger partial charge is 0.107 e. The monoisotopic (exact) mass is 295 g/mol. The molecule has 0 radical (unpaired) electrons. The normalized spacial score (nSPS) is 13.1. The number of aromatic nitrogens is 1. The van der Waals surface area contributed by atoms with Crippen molar-refractivity contribution in [2.75, 3.05) is 13.6 Å². The van der Waals surface area contributed by atoms with Crippen LogP contribution in [0.4, 0.5) is 0 Å². The highest BCUT2D eigenvalue weighted by Crippen LogP contribution is 2.24. The van der Waals surface area contributed by atoms with E-state index in [2.05, 4.69) is 59.0 Å². The van der Waals surface area contributed by atoms with Crippen LogP contribution in [0.3, 0.4) is 0 Å². The van der Waals surface area contributed by atoms with Gasteiger partial charge in [-0.2, -0.15) is 0 Å². The molecule has 1 atom stereocenters. The van der Waals surface area contributed by atoms with E-state index in [-0.39, 0.29) is 0 Å². The predicted molar refractivity (Wildman–Crippen MR) is 83.7 cm³/mol. The van der Waals surface area contributed by atoms with Crippen molar-refractivity contribution < 1.29 is 0 Å². The van der Waals surface area contributed by atoms with Crippen molar-refractivity contribution in [1.82, 2.24) is 15.2 Å². The first kappa shape index (κ1) is 14.7. The Bertz CT molecular complexity index is 479. The molecule has 0 aliphatic heterocycles. The minimum absolute atomic E-state index is 0.443. The zero-order chi connectivity index (χ0) is 13.7. The molecule has 0 aromatic carbocycles. The molecule has 0 amide bonds. The average molecular weight is 295 g/mol. The maximum atomic E-state index is 4.67. The second kappa shape index (κ2) is 7.14. The minimum Gasteiger partial charge on any atom is -0.311 e. The van der Waals surface area contributed by atoms with Crippen molar-refractivity contribution in [1.29, 1.82) is 0 Å². The van der Waals surface area contributed by atoms with Crippen molar-refractivity contribution in [3.63, 3.8) is 0 Å². The van der Waals surface area contributed by atoms with E-state index in [4.69, 9.17) is 0 Å². The number of nitrogens with one attached hydrogen (secondary N) is 1. The van der Waals surface area contributed by atoms with Gasteiger partial charge in [-0.05, 0) is 32.0 Å². The molecular formula is C14H21N3S2. The summed E-state index contributed by atoms with van der Waals surface area (Å²) in [6, 6.07) is 4.75. The highest BCUT2D eigenvalue weighted by Gasteiger charge is 2.14. The highest BCUT2D eigenvalue weighted by molar-refractivity contribution is 7.10. The number of nitrogens with zero attached hydrogens (tertiary/aromatic N) is 2. The van der Waals surface area contributed by atoms with E-state index < -0.39 is 0 Å². The summed E-state index contributed by atoms with van der Waals surface area (Å²) in [5, 5.41) is 8.79. The zero-order valence-corrected chi connectivity index (χ0v) is 13.4. The number of thiophene rings is 1. The van der Waals surface area contributed by atoms with Gasteiger partial charge in [0.1, 0.15) is 5.01 Å². The largest absolute Gasteiger partial charge is 0.311 e. The van der Waals surface area contributed by atoms with Crippen LogP contribution in [0.2, 0.25) is 0 Å². The molecule has 0 saturated carbocycles. The molecule has 0 saturated heterocycles. The van der Waals surface area contributed by atoms with Crippen LogP contribution in [0.5, 0.6) is 0 Å². The molecule has 19 heavy (non-hydrogen) atoms. The Kier molecular flexibility index (Phi) is 5.51. The van der Waals surface area contributed by atoms with Gasteiger partial charge in [-0.1, -0.05) is 13.0 Å². The quantitative estimate of drug-likeness (QED) is 0.847. The Labute approximate surface area is 123 Å². The highest BCUT2D eigenvalue weighted by atomic mass is 32.1. The van der Waals surface area contributed by atoms with Crippen molar-refractivity contribution in [3.05, 3.63) is 38.5 Å². The summed E-state index contributed by atoms with van der Waals surface area (Å²) in [5.74, 6) is 0. The van der Waals surface area contributed by atoms with E-state index in [9.17, 15) is 0 Å². The average Bonchev–Trinajstić information content (AvgIpc) is 3.06. The molecule has 0 bridgehead atoms.